The van der Waals surface area contributed by atoms with Crippen LogP contribution in [0.15, 0.2) is 68.2 Å². The predicted octanol–water partition coefficient (Wildman–Crippen LogP) is 4.67. The maximum absolute atomic E-state index is 12.8. The van der Waals surface area contributed by atoms with E-state index < -0.39 is 5.63 Å². The largest absolute Gasteiger partial charge is 0.497 e. The Morgan fingerprint density at radius 1 is 1.05 bits per heavy atom. The number of fused-ring (bicyclic) bond motifs is 2. The van der Waals surface area contributed by atoms with Gasteiger partial charge in [0.1, 0.15) is 28.2 Å². The lowest BCUT2D eigenvalue weighted by molar-refractivity contribution is -0.120. The molecule has 2 amide bonds. The smallest absolute Gasteiger partial charge is 0.347 e. The molecule has 188 valence electrons. The van der Waals surface area contributed by atoms with Crippen LogP contribution in [0.2, 0.25) is 0 Å². The zero-order valence-corrected chi connectivity index (χ0v) is 20.9. The number of anilines is 1. The van der Waals surface area contributed by atoms with Crippen molar-refractivity contribution in [2.75, 3.05) is 19.0 Å². The second kappa shape index (κ2) is 10.3. The normalized spacial score (nSPS) is 11.1. The topological polar surface area (TPSA) is 124 Å². The molecule has 0 aliphatic carbocycles. The SMILES string of the molecule is COc1ccc(-c2oc3cc(C)oc(=O)c3c2CC(=O)NCCC(=O)Nc2nc3ccccc3s2)cc1. The van der Waals surface area contributed by atoms with Crippen molar-refractivity contribution >= 4 is 49.5 Å². The molecule has 0 radical (unpaired) electrons. The molecule has 0 saturated carbocycles. The molecule has 5 aromatic rings. The lowest BCUT2D eigenvalue weighted by atomic mass is 10.0. The van der Waals surface area contributed by atoms with E-state index in [2.05, 4.69) is 15.6 Å². The molecule has 0 spiro atoms. The van der Waals surface area contributed by atoms with Crippen molar-refractivity contribution in [3.05, 3.63) is 76.3 Å². The number of para-hydroxylation sites is 1. The second-order valence-corrected chi connectivity index (χ2v) is 9.36. The Morgan fingerprint density at radius 3 is 2.59 bits per heavy atom. The van der Waals surface area contributed by atoms with Crippen molar-refractivity contribution in [2.24, 2.45) is 0 Å². The molecule has 0 aliphatic rings. The summed E-state index contributed by atoms with van der Waals surface area (Å²) in [6, 6.07) is 16.4. The first-order chi connectivity index (χ1) is 17.9. The van der Waals surface area contributed by atoms with Crippen LogP contribution < -0.4 is 21.0 Å². The highest BCUT2D eigenvalue weighted by Gasteiger charge is 2.22. The van der Waals surface area contributed by atoms with Crippen molar-refractivity contribution in [1.29, 1.82) is 0 Å². The minimum Gasteiger partial charge on any atom is -0.497 e. The molecule has 0 bridgehead atoms. The fourth-order valence-corrected chi connectivity index (χ4v) is 4.89. The zero-order chi connectivity index (χ0) is 25.9. The molecule has 3 aromatic heterocycles. The number of thiazole rings is 1. The average molecular weight is 518 g/mol. The van der Waals surface area contributed by atoms with Gasteiger partial charge in [-0.15, -0.1) is 0 Å². The van der Waals surface area contributed by atoms with Crippen LogP contribution in [0.3, 0.4) is 0 Å². The number of methoxy groups -OCH3 is 1. The molecule has 9 nitrogen and oxygen atoms in total. The molecule has 0 saturated heterocycles. The van der Waals surface area contributed by atoms with Crippen molar-refractivity contribution in [2.45, 2.75) is 19.8 Å². The van der Waals surface area contributed by atoms with E-state index in [1.807, 2.05) is 24.3 Å². The van der Waals surface area contributed by atoms with Crippen LogP contribution in [0.4, 0.5) is 5.13 Å². The highest BCUT2D eigenvalue weighted by molar-refractivity contribution is 7.22. The summed E-state index contributed by atoms with van der Waals surface area (Å²) in [6.45, 7) is 1.78. The Kier molecular flexibility index (Phi) is 6.74. The van der Waals surface area contributed by atoms with Gasteiger partial charge in [-0.25, -0.2) is 9.78 Å². The Balaban J connectivity index is 1.28. The maximum Gasteiger partial charge on any atom is 0.347 e. The number of carbonyl (C=O) groups is 2. The average Bonchev–Trinajstić information content (AvgIpc) is 3.44. The number of benzene rings is 2. The number of carbonyl (C=O) groups excluding carboxylic acids is 2. The second-order valence-electron chi connectivity index (χ2n) is 8.33. The molecule has 37 heavy (non-hydrogen) atoms. The third-order valence-electron chi connectivity index (χ3n) is 5.73. The van der Waals surface area contributed by atoms with Gasteiger partial charge in [-0.2, -0.15) is 0 Å². The number of hydrogen-bond acceptors (Lipinski definition) is 8. The minimum absolute atomic E-state index is 0.0699. The van der Waals surface area contributed by atoms with Gasteiger partial charge in [0.2, 0.25) is 11.8 Å². The Hall–Kier alpha value is -4.44. The number of hydrogen-bond donors (Lipinski definition) is 2. The number of ether oxygens (including phenoxy) is 1. The first-order valence-corrected chi connectivity index (χ1v) is 12.4. The first kappa shape index (κ1) is 24.3. The third-order valence-corrected chi connectivity index (χ3v) is 6.68. The van der Waals surface area contributed by atoms with Gasteiger partial charge < -0.3 is 24.2 Å². The van der Waals surface area contributed by atoms with E-state index in [-0.39, 0.29) is 36.6 Å². The van der Waals surface area contributed by atoms with Gasteiger partial charge in [0.05, 0.1) is 23.7 Å². The highest BCUT2D eigenvalue weighted by atomic mass is 32.1. The van der Waals surface area contributed by atoms with E-state index in [1.165, 1.54) is 11.3 Å². The number of nitrogens with zero attached hydrogens (tertiary/aromatic N) is 1. The molecule has 5 rings (SSSR count). The van der Waals surface area contributed by atoms with Gasteiger partial charge in [-0.05, 0) is 43.3 Å². The Morgan fingerprint density at radius 2 is 1.84 bits per heavy atom. The lowest BCUT2D eigenvalue weighted by Crippen LogP contribution is -2.29. The van der Waals surface area contributed by atoms with E-state index in [0.29, 0.717) is 39.1 Å². The Bertz CT molecular complexity index is 1630. The first-order valence-electron chi connectivity index (χ1n) is 11.5. The van der Waals surface area contributed by atoms with Crippen molar-refractivity contribution in [3.8, 4) is 17.1 Å². The molecular weight excluding hydrogens is 494 g/mol. The van der Waals surface area contributed by atoms with Gasteiger partial charge in [-0.3, -0.25) is 9.59 Å². The zero-order valence-electron chi connectivity index (χ0n) is 20.1. The lowest BCUT2D eigenvalue weighted by Gasteiger charge is -2.07. The molecular formula is C27H23N3O6S. The van der Waals surface area contributed by atoms with Gasteiger partial charge in [0.15, 0.2) is 5.13 Å². The summed E-state index contributed by atoms with van der Waals surface area (Å²) in [5, 5.41) is 6.24. The van der Waals surface area contributed by atoms with Gasteiger partial charge in [-0.1, -0.05) is 23.5 Å². The number of nitrogens with one attached hydrogen (secondary N) is 2. The minimum atomic E-state index is -0.573. The third kappa shape index (κ3) is 5.24. The fourth-order valence-electron chi connectivity index (χ4n) is 4.01. The van der Waals surface area contributed by atoms with E-state index in [1.54, 1.807) is 44.4 Å². The quantitative estimate of drug-likeness (QED) is 0.307. The van der Waals surface area contributed by atoms with Crippen molar-refractivity contribution in [1.82, 2.24) is 10.3 Å². The molecule has 3 heterocycles. The summed E-state index contributed by atoms with van der Waals surface area (Å²) in [7, 11) is 1.57. The summed E-state index contributed by atoms with van der Waals surface area (Å²) < 4.78 is 17.5. The van der Waals surface area contributed by atoms with E-state index in [9.17, 15) is 14.4 Å². The molecule has 0 aliphatic heterocycles. The number of furan rings is 1. The van der Waals surface area contributed by atoms with Crippen molar-refractivity contribution < 1.29 is 23.2 Å². The van der Waals surface area contributed by atoms with Crippen LogP contribution in [0.1, 0.15) is 17.7 Å². The van der Waals surface area contributed by atoms with Crippen LogP contribution in [0.25, 0.3) is 32.5 Å². The van der Waals surface area contributed by atoms with Crippen LogP contribution in [-0.2, 0) is 16.0 Å². The van der Waals surface area contributed by atoms with Crippen LogP contribution in [0.5, 0.6) is 5.75 Å². The highest BCUT2D eigenvalue weighted by Crippen LogP contribution is 2.34. The molecule has 0 unspecified atom stereocenters. The molecule has 0 fully saturated rings. The molecule has 10 heteroatoms. The summed E-state index contributed by atoms with van der Waals surface area (Å²) >= 11 is 1.39. The van der Waals surface area contributed by atoms with E-state index in [4.69, 9.17) is 13.6 Å². The number of rotatable bonds is 8. The predicted molar refractivity (Wildman–Crippen MR) is 141 cm³/mol. The number of amides is 2. The monoisotopic (exact) mass is 517 g/mol. The maximum atomic E-state index is 12.8. The standard InChI is InChI=1S/C27H23N3O6S/c1-15-13-20-24(26(33)35-15)18(25(36-20)16-7-9-17(34-2)10-8-16)14-23(32)28-12-11-22(31)30-27-29-19-5-3-4-6-21(19)37-27/h3-10,13H,11-12,14H2,1-2H3,(H,28,32)(H,29,30,31). The number of aryl methyl sites for hydroxylation is 1. The van der Waals surface area contributed by atoms with Crippen LogP contribution in [0, 0.1) is 6.92 Å². The van der Waals surface area contributed by atoms with Gasteiger partial charge >= 0.3 is 5.63 Å². The van der Waals surface area contributed by atoms with Crippen LogP contribution >= 0.6 is 11.3 Å². The molecule has 2 N–H and O–H groups in total. The van der Waals surface area contributed by atoms with Crippen molar-refractivity contribution in [3.63, 3.8) is 0 Å². The van der Waals surface area contributed by atoms with Gasteiger partial charge in [0.25, 0.3) is 0 Å². The summed E-state index contributed by atoms with van der Waals surface area (Å²) in [6.07, 6.45) is -0.0534. The fraction of sp³-hybridized carbons (Fsp3) is 0.185. The number of aromatic nitrogens is 1. The van der Waals surface area contributed by atoms with Crippen LogP contribution in [-0.4, -0.2) is 30.5 Å². The van der Waals surface area contributed by atoms with E-state index >= 15 is 0 Å². The van der Waals surface area contributed by atoms with E-state index in [0.717, 1.165) is 10.2 Å². The summed E-state index contributed by atoms with van der Waals surface area (Å²) in [5.41, 5.74) is 1.70. The summed E-state index contributed by atoms with van der Waals surface area (Å²) in [5.74, 6) is 0.856. The molecule has 0 atom stereocenters. The van der Waals surface area contributed by atoms with Gasteiger partial charge in [0, 0.05) is 30.2 Å². The molecule has 2 aromatic carbocycles. The summed E-state index contributed by atoms with van der Waals surface area (Å²) in [4.78, 5) is 42.2. The Labute approximate surface area is 215 Å².